The molecule has 0 saturated carbocycles. The van der Waals surface area contributed by atoms with Gasteiger partial charge in [-0.3, -0.25) is 4.90 Å². The van der Waals surface area contributed by atoms with Crippen LogP contribution in [0.2, 0.25) is 0 Å². The zero-order valence-electron chi connectivity index (χ0n) is 11.9. The number of benzene rings is 1. The van der Waals surface area contributed by atoms with Crippen LogP contribution in [0.4, 0.5) is 4.79 Å². The maximum atomic E-state index is 12.1. The van der Waals surface area contributed by atoms with Gasteiger partial charge in [-0.2, -0.15) is 0 Å². The molecule has 0 aliphatic carbocycles. The van der Waals surface area contributed by atoms with Crippen molar-refractivity contribution in [3.05, 3.63) is 35.9 Å². The van der Waals surface area contributed by atoms with Crippen LogP contribution in [-0.4, -0.2) is 45.4 Å². The van der Waals surface area contributed by atoms with E-state index in [0.717, 1.165) is 10.5 Å². The number of ether oxygens (including phenoxy) is 1. The van der Waals surface area contributed by atoms with E-state index in [1.807, 2.05) is 30.3 Å². The Bertz CT molecular complexity index is 518. The minimum Gasteiger partial charge on any atom is -0.480 e. The summed E-state index contributed by atoms with van der Waals surface area (Å²) in [7, 11) is 0. The molecule has 0 spiro atoms. The Morgan fingerprint density at radius 3 is 2.62 bits per heavy atom. The molecular formula is C15H19NO5. The standard InChI is InChI=1S/C15H19NO5/c1-2-15(20)8-12(13(17)18)16(10-15)14(19)21-9-11-6-4-3-5-7-11/h3-7,12,20H,2,8-10H2,1H3,(H,17,18)/t12-,15?/m0/s1. The summed E-state index contributed by atoms with van der Waals surface area (Å²) in [5, 5.41) is 19.4. The summed E-state index contributed by atoms with van der Waals surface area (Å²) >= 11 is 0. The minimum absolute atomic E-state index is 0.0198. The number of likely N-dealkylation sites (tertiary alicyclic amines) is 1. The van der Waals surface area contributed by atoms with Gasteiger partial charge in [0.2, 0.25) is 0 Å². The van der Waals surface area contributed by atoms with Gasteiger partial charge in [-0.15, -0.1) is 0 Å². The molecule has 0 aromatic heterocycles. The Labute approximate surface area is 122 Å². The van der Waals surface area contributed by atoms with Crippen LogP contribution in [-0.2, 0) is 16.1 Å². The number of rotatable bonds is 4. The molecule has 1 aliphatic heterocycles. The molecule has 1 amide bonds. The van der Waals surface area contributed by atoms with Crippen molar-refractivity contribution < 1.29 is 24.5 Å². The Morgan fingerprint density at radius 1 is 1.38 bits per heavy atom. The lowest BCUT2D eigenvalue weighted by Crippen LogP contribution is -2.41. The number of carbonyl (C=O) groups excluding carboxylic acids is 1. The zero-order chi connectivity index (χ0) is 15.5. The van der Waals surface area contributed by atoms with Crippen molar-refractivity contribution in [2.45, 2.75) is 38.0 Å². The first-order valence-corrected chi connectivity index (χ1v) is 6.88. The third kappa shape index (κ3) is 3.52. The first-order valence-electron chi connectivity index (χ1n) is 6.88. The number of β-amino-alcohol motifs (C(OH)–C–C–N with tert-alkyl or cyclic N) is 1. The summed E-state index contributed by atoms with van der Waals surface area (Å²) in [4.78, 5) is 24.4. The SMILES string of the molecule is CCC1(O)C[C@@H](C(=O)O)N(C(=O)OCc2ccccc2)C1. The average molecular weight is 293 g/mol. The van der Waals surface area contributed by atoms with Gasteiger partial charge < -0.3 is 14.9 Å². The van der Waals surface area contributed by atoms with Crippen LogP contribution in [0.15, 0.2) is 30.3 Å². The van der Waals surface area contributed by atoms with Crippen molar-refractivity contribution in [3.63, 3.8) is 0 Å². The molecule has 0 radical (unpaired) electrons. The Balaban J connectivity index is 2.01. The van der Waals surface area contributed by atoms with Gasteiger partial charge >= 0.3 is 12.1 Å². The first kappa shape index (κ1) is 15.3. The lowest BCUT2D eigenvalue weighted by Gasteiger charge is -2.22. The molecule has 0 bridgehead atoms. The molecule has 1 aromatic rings. The van der Waals surface area contributed by atoms with Crippen molar-refractivity contribution >= 4 is 12.1 Å². The fourth-order valence-corrected chi connectivity index (χ4v) is 2.43. The molecular weight excluding hydrogens is 274 g/mol. The smallest absolute Gasteiger partial charge is 0.410 e. The van der Waals surface area contributed by atoms with Crippen LogP contribution in [0.25, 0.3) is 0 Å². The number of aliphatic carboxylic acids is 1. The summed E-state index contributed by atoms with van der Waals surface area (Å²) in [6.45, 7) is 1.82. The maximum absolute atomic E-state index is 12.1. The van der Waals surface area contributed by atoms with Crippen molar-refractivity contribution in [2.75, 3.05) is 6.54 Å². The second-order valence-electron chi connectivity index (χ2n) is 5.30. The van der Waals surface area contributed by atoms with E-state index in [-0.39, 0.29) is 19.6 Å². The van der Waals surface area contributed by atoms with Crippen molar-refractivity contribution in [1.29, 1.82) is 0 Å². The highest BCUT2D eigenvalue weighted by Gasteiger charge is 2.47. The van der Waals surface area contributed by atoms with Gasteiger partial charge in [-0.05, 0) is 12.0 Å². The maximum Gasteiger partial charge on any atom is 0.410 e. The topological polar surface area (TPSA) is 87.1 Å². The molecule has 6 heteroatoms. The molecule has 2 atom stereocenters. The molecule has 21 heavy (non-hydrogen) atoms. The van der Waals surface area contributed by atoms with Gasteiger partial charge in [-0.1, -0.05) is 37.3 Å². The lowest BCUT2D eigenvalue weighted by molar-refractivity contribution is -0.141. The highest BCUT2D eigenvalue weighted by Crippen LogP contribution is 2.30. The fraction of sp³-hybridized carbons (Fsp3) is 0.467. The molecule has 1 fully saturated rings. The van der Waals surface area contributed by atoms with Gasteiger partial charge in [0, 0.05) is 6.42 Å². The number of hydrogen-bond acceptors (Lipinski definition) is 4. The molecule has 114 valence electrons. The molecule has 2 rings (SSSR count). The predicted octanol–water partition coefficient (Wildman–Crippen LogP) is 1.62. The summed E-state index contributed by atoms with van der Waals surface area (Å²) in [6.07, 6.45) is -0.297. The average Bonchev–Trinajstić information content (AvgIpc) is 2.85. The van der Waals surface area contributed by atoms with Gasteiger partial charge in [0.05, 0.1) is 12.1 Å². The summed E-state index contributed by atoms with van der Waals surface area (Å²) in [5.41, 5.74) is -0.336. The summed E-state index contributed by atoms with van der Waals surface area (Å²) in [6, 6.07) is 8.10. The van der Waals surface area contributed by atoms with Crippen molar-refractivity contribution in [2.24, 2.45) is 0 Å². The third-order valence-corrected chi connectivity index (χ3v) is 3.80. The number of aliphatic hydroxyl groups is 1. The number of carboxylic acid groups (broad SMARTS) is 1. The van der Waals surface area contributed by atoms with Gasteiger partial charge in [-0.25, -0.2) is 9.59 Å². The molecule has 1 saturated heterocycles. The molecule has 2 N–H and O–H groups in total. The van der Waals surface area contributed by atoms with Crippen molar-refractivity contribution in [1.82, 2.24) is 4.90 Å². The van der Waals surface area contributed by atoms with E-state index >= 15 is 0 Å². The molecule has 1 aromatic carbocycles. The molecule has 1 aliphatic rings. The van der Waals surface area contributed by atoms with Crippen LogP contribution >= 0.6 is 0 Å². The van der Waals surface area contributed by atoms with Crippen molar-refractivity contribution in [3.8, 4) is 0 Å². The van der Waals surface area contributed by atoms with E-state index in [4.69, 9.17) is 4.74 Å². The largest absolute Gasteiger partial charge is 0.480 e. The molecule has 1 unspecified atom stereocenters. The first-order chi connectivity index (χ1) is 9.95. The number of nitrogens with zero attached hydrogens (tertiary/aromatic N) is 1. The monoisotopic (exact) mass is 293 g/mol. The fourth-order valence-electron chi connectivity index (χ4n) is 2.43. The zero-order valence-corrected chi connectivity index (χ0v) is 11.9. The Hall–Kier alpha value is -2.08. The van der Waals surface area contributed by atoms with Crippen LogP contribution in [0, 0.1) is 0 Å². The van der Waals surface area contributed by atoms with Crippen LogP contribution < -0.4 is 0 Å². The highest BCUT2D eigenvalue weighted by atomic mass is 16.6. The lowest BCUT2D eigenvalue weighted by atomic mass is 9.97. The normalized spacial score (nSPS) is 24.9. The summed E-state index contributed by atoms with van der Waals surface area (Å²) in [5.74, 6) is -1.13. The predicted molar refractivity (Wildman–Crippen MR) is 74.6 cm³/mol. The Morgan fingerprint density at radius 2 is 2.05 bits per heavy atom. The third-order valence-electron chi connectivity index (χ3n) is 3.80. The number of carboxylic acids is 1. The van der Waals surface area contributed by atoms with E-state index in [2.05, 4.69) is 0 Å². The second-order valence-corrected chi connectivity index (χ2v) is 5.30. The van der Waals surface area contributed by atoms with Gasteiger partial charge in [0.1, 0.15) is 12.6 Å². The summed E-state index contributed by atoms with van der Waals surface area (Å²) < 4.78 is 5.14. The van der Waals surface area contributed by atoms with E-state index in [0.29, 0.717) is 6.42 Å². The molecule has 1 heterocycles. The van der Waals surface area contributed by atoms with Crippen LogP contribution in [0.5, 0.6) is 0 Å². The number of hydrogen-bond donors (Lipinski definition) is 2. The van der Waals surface area contributed by atoms with Gasteiger partial charge in [0.15, 0.2) is 0 Å². The highest BCUT2D eigenvalue weighted by molar-refractivity contribution is 5.81. The van der Waals surface area contributed by atoms with Gasteiger partial charge in [0.25, 0.3) is 0 Å². The minimum atomic E-state index is -1.16. The Kier molecular flexibility index (Phi) is 4.47. The second kappa shape index (κ2) is 6.13. The van der Waals surface area contributed by atoms with E-state index in [1.54, 1.807) is 6.92 Å². The molecule has 6 nitrogen and oxygen atoms in total. The van der Waals surface area contributed by atoms with E-state index in [9.17, 15) is 19.8 Å². The quantitative estimate of drug-likeness (QED) is 0.881. The van der Waals surface area contributed by atoms with Crippen LogP contribution in [0.3, 0.4) is 0 Å². The number of amides is 1. The number of carbonyl (C=O) groups is 2. The van der Waals surface area contributed by atoms with E-state index in [1.165, 1.54) is 0 Å². The van der Waals surface area contributed by atoms with Crippen LogP contribution in [0.1, 0.15) is 25.3 Å². The van der Waals surface area contributed by atoms with E-state index < -0.39 is 23.7 Å².